The van der Waals surface area contributed by atoms with Gasteiger partial charge in [-0.3, -0.25) is 29.0 Å². The normalized spacial score (nSPS) is 13.0. The van der Waals surface area contributed by atoms with Crippen LogP contribution in [-0.4, -0.2) is 83.0 Å². The molecule has 0 aliphatic carbocycles. The molecule has 0 bridgehead atoms. The molecule has 0 radical (unpaired) electrons. The standard InChI is InChI=1S/C17H30N8O8/c18-7-12(27)23-8(2-1-5-22-17(20)21)14(30)25-10(6-11(19)26)15(31)24-9(16(32)33)3-4-13(28)29/h8-10H,1-7,18H2,(H2,19,26)(H,23,27)(H,24,31)(H,25,30)(H,28,29)(H,32,33)(H4,20,21,22). The Kier molecular flexibility index (Phi) is 13.2. The third kappa shape index (κ3) is 13.1. The molecule has 3 unspecified atom stereocenters. The van der Waals surface area contributed by atoms with Crippen molar-refractivity contribution in [1.82, 2.24) is 16.0 Å². The van der Waals surface area contributed by atoms with Gasteiger partial charge in [0.1, 0.15) is 18.1 Å². The number of nitrogens with two attached hydrogens (primary N) is 4. The summed E-state index contributed by atoms with van der Waals surface area (Å²) in [6, 6.07) is -4.36. The highest BCUT2D eigenvalue weighted by atomic mass is 16.4. The van der Waals surface area contributed by atoms with Crippen LogP contribution in [0.4, 0.5) is 0 Å². The molecule has 4 amide bonds. The highest BCUT2D eigenvalue weighted by Gasteiger charge is 2.30. The summed E-state index contributed by atoms with van der Waals surface area (Å²) in [6.45, 7) is -0.285. The van der Waals surface area contributed by atoms with Crippen molar-refractivity contribution in [3.63, 3.8) is 0 Å². The number of nitrogens with one attached hydrogen (secondary N) is 3. The lowest BCUT2D eigenvalue weighted by Gasteiger charge is -2.23. The second kappa shape index (κ2) is 15.0. The summed E-state index contributed by atoms with van der Waals surface area (Å²) in [4.78, 5) is 73.9. The largest absolute Gasteiger partial charge is 0.481 e. The first-order valence-corrected chi connectivity index (χ1v) is 9.75. The molecule has 16 nitrogen and oxygen atoms in total. The van der Waals surface area contributed by atoms with E-state index in [1.54, 1.807) is 0 Å². The number of rotatable bonds is 16. The highest BCUT2D eigenvalue weighted by molar-refractivity contribution is 5.95. The fourth-order valence-electron chi connectivity index (χ4n) is 2.51. The molecule has 0 aromatic rings. The minimum Gasteiger partial charge on any atom is -0.481 e. The Morgan fingerprint density at radius 2 is 1.39 bits per heavy atom. The zero-order valence-electron chi connectivity index (χ0n) is 17.8. The lowest BCUT2D eigenvalue weighted by atomic mass is 10.1. The maximum absolute atomic E-state index is 12.7. The molecule has 0 aromatic carbocycles. The number of carbonyl (C=O) groups excluding carboxylic acids is 4. The van der Waals surface area contributed by atoms with E-state index in [9.17, 15) is 33.9 Å². The number of carboxylic acids is 2. The fourth-order valence-corrected chi connectivity index (χ4v) is 2.51. The summed E-state index contributed by atoms with van der Waals surface area (Å²) in [7, 11) is 0. The second-order valence-electron chi connectivity index (χ2n) is 6.84. The summed E-state index contributed by atoms with van der Waals surface area (Å²) >= 11 is 0. The van der Waals surface area contributed by atoms with E-state index >= 15 is 0 Å². The Balaban J connectivity index is 5.41. The van der Waals surface area contributed by atoms with E-state index in [0.29, 0.717) is 0 Å². The van der Waals surface area contributed by atoms with Crippen LogP contribution in [0.15, 0.2) is 4.99 Å². The van der Waals surface area contributed by atoms with Crippen molar-refractivity contribution in [2.45, 2.75) is 50.2 Å². The van der Waals surface area contributed by atoms with Gasteiger partial charge in [-0.15, -0.1) is 0 Å². The lowest BCUT2D eigenvalue weighted by molar-refractivity contribution is -0.143. The number of carbonyl (C=O) groups is 6. The van der Waals surface area contributed by atoms with Gasteiger partial charge in [0.15, 0.2) is 5.96 Å². The van der Waals surface area contributed by atoms with E-state index in [0.717, 1.165) is 0 Å². The van der Waals surface area contributed by atoms with Gasteiger partial charge in [-0.25, -0.2) is 4.79 Å². The Hall–Kier alpha value is -3.95. The first-order valence-electron chi connectivity index (χ1n) is 9.75. The average Bonchev–Trinajstić information content (AvgIpc) is 2.71. The van der Waals surface area contributed by atoms with Crippen LogP contribution in [0.1, 0.15) is 32.1 Å². The van der Waals surface area contributed by atoms with Gasteiger partial charge in [0.05, 0.1) is 13.0 Å². The van der Waals surface area contributed by atoms with Crippen LogP contribution in [0.3, 0.4) is 0 Å². The number of primary amides is 1. The van der Waals surface area contributed by atoms with Crippen LogP contribution in [0, 0.1) is 0 Å². The molecule has 0 aromatic heterocycles. The Labute approximate surface area is 188 Å². The van der Waals surface area contributed by atoms with Gasteiger partial charge < -0.3 is 49.1 Å². The molecular weight excluding hydrogens is 444 g/mol. The van der Waals surface area contributed by atoms with Gasteiger partial charge in [-0.2, -0.15) is 0 Å². The van der Waals surface area contributed by atoms with Crippen LogP contribution in [-0.2, 0) is 28.8 Å². The Morgan fingerprint density at radius 1 is 0.818 bits per heavy atom. The molecule has 0 rings (SSSR count). The first kappa shape index (κ1) is 29.0. The van der Waals surface area contributed by atoms with E-state index in [1.807, 2.05) is 0 Å². The third-order valence-corrected chi connectivity index (χ3v) is 4.08. The predicted octanol–water partition coefficient (Wildman–Crippen LogP) is -4.72. The van der Waals surface area contributed by atoms with Crippen molar-refractivity contribution >= 4 is 41.5 Å². The zero-order valence-corrected chi connectivity index (χ0v) is 17.8. The number of aliphatic imine (C=N–C) groups is 1. The summed E-state index contributed by atoms with van der Waals surface area (Å²) < 4.78 is 0. The summed E-state index contributed by atoms with van der Waals surface area (Å²) in [5, 5.41) is 24.5. The van der Waals surface area contributed by atoms with E-state index in [4.69, 9.17) is 28.0 Å². The second-order valence-corrected chi connectivity index (χ2v) is 6.84. The maximum atomic E-state index is 12.7. The average molecular weight is 474 g/mol. The summed E-state index contributed by atoms with van der Waals surface area (Å²) in [5.41, 5.74) is 20.8. The number of hydrogen-bond donors (Lipinski definition) is 9. The molecular formula is C17H30N8O8. The van der Waals surface area contributed by atoms with Crippen molar-refractivity contribution < 1.29 is 39.0 Å². The zero-order chi connectivity index (χ0) is 25.6. The van der Waals surface area contributed by atoms with Crippen molar-refractivity contribution in [2.24, 2.45) is 27.9 Å². The molecule has 0 saturated carbocycles. The fraction of sp³-hybridized carbons (Fsp3) is 0.588. The van der Waals surface area contributed by atoms with E-state index in [1.165, 1.54) is 0 Å². The topological polar surface area (TPSA) is 295 Å². The number of carboxylic acid groups (broad SMARTS) is 2. The molecule has 3 atom stereocenters. The lowest BCUT2D eigenvalue weighted by Crippen LogP contribution is -2.57. The highest BCUT2D eigenvalue weighted by Crippen LogP contribution is 2.04. The van der Waals surface area contributed by atoms with Crippen molar-refractivity contribution in [3.8, 4) is 0 Å². The van der Waals surface area contributed by atoms with Gasteiger partial charge in [-0.05, 0) is 19.3 Å². The SMILES string of the molecule is NCC(=O)NC(CCCN=C(N)N)C(=O)NC(CC(N)=O)C(=O)NC(CCC(=O)O)C(=O)O. The molecule has 33 heavy (non-hydrogen) atoms. The van der Waals surface area contributed by atoms with Gasteiger partial charge in [0, 0.05) is 13.0 Å². The van der Waals surface area contributed by atoms with Crippen LogP contribution in [0.25, 0.3) is 0 Å². The quantitative estimate of drug-likeness (QED) is 0.0581. The van der Waals surface area contributed by atoms with Crippen molar-refractivity contribution in [2.75, 3.05) is 13.1 Å². The number of guanidine groups is 1. The van der Waals surface area contributed by atoms with Crippen LogP contribution < -0.4 is 38.9 Å². The molecule has 0 spiro atoms. The number of hydrogen-bond acceptors (Lipinski definition) is 8. The molecule has 0 aliphatic heterocycles. The summed E-state index contributed by atoms with van der Waals surface area (Å²) in [5.74, 6) is -6.57. The minimum absolute atomic E-state index is 0.0373. The minimum atomic E-state index is -1.59. The number of aliphatic carboxylic acids is 2. The van der Waals surface area contributed by atoms with Crippen LogP contribution >= 0.6 is 0 Å². The number of amides is 4. The third-order valence-electron chi connectivity index (χ3n) is 4.08. The van der Waals surface area contributed by atoms with E-state index in [-0.39, 0.29) is 25.3 Å². The van der Waals surface area contributed by atoms with Crippen molar-refractivity contribution in [3.05, 3.63) is 0 Å². The van der Waals surface area contributed by atoms with Gasteiger partial charge in [0.25, 0.3) is 0 Å². The predicted molar refractivity (Wildman–Crippen MR) is 113 cm³/mol. The van der Waals surface area contributed by atoms with Gasteiger partial charge >= 0.3 is 11.9 Å². The smallest absolute Gasteiger partial charge is 0.326 e. The Bertz CT molecular complexity index is 768. The molecule has 0 heterocycles. The first-order chi connectivity index (χ1) is 15.4. The van der Waals surface area contributed by atoms with Gasteiger partial charge in [-0.1, -0.05) is 0 Å². The molecule has 186 valence electrons. The molecule has 13 N–H and O–H groups in total. The molecule has 0 saturated heterocycles. The number of nitrogens with zero attached hydrogens (tertiary/aromatic N) is 1. The van der Waals surface area contributed by atoms with Crippen LogP contribution in [0.2, 0.25) is 0 Å². The Morgan fingerprint density at radius 3 is 1.88 bits per heavy atom. The monoisotopic (exact) mass is 474 g/mol. The van der Waals surface area contributed by atoms with Gasteiger partial charge in [0.2, 0.25) is 23.6 Å². The van der Waals surface area contributed by atoms with Crippen LogP contribution in [0.5, 0.6) is 0 Å². The van der Waals surface area contributed by atoms with Crippen molar-refractivity contribution in [1.29, 1.82) is 0 Å². The van der Waals surface area contributed by atoms with E-state index < -0.39 is 79.5 Å². The van der Waals surface area contributed by atoms with E-state index in [2.05, 4.69) is 20.9 Å². The molecule has 16 heteroatoms. The maximum Gasteiger partial charge on any atom is 0.326 e. The molecule has 0 fully saturated rings. The molecule has 0 aliphatic rings. The summed E-state index contributed by atoms with van der Waals surface area (Å²) in [6.07, 6.45) is -1.38.